The highest BCUT2D eigenvalue weighted by atomic mass is 16.5. The van der Waals surface area contributed by atoms with Gasteiger partial charge in [-0.2, -0.15) is 0 Å². The third kappa shape index (κ3) is 3.65. The summed E-state index contributed by atoms with van der Waals surface area (Å²) in [6.07, 6.45) is 13.6. The lowest BCUT2D eigenvalue weighted by molar-refractivity contribution is -0.119. The second-order valence-corrected chi connectivity index (χ2v) is 10.6. The van der Waals surface area contributed by atoms with Crippen LogP contribution in [0.15, 0.2) is 35.5 Å². The lowest BCUT2D eigenvalue weighted by atomic mass is 9.57. The number of ether oxygens (including phenoxy) is 1. The lowest BCUT2D eigenvalue weighted by Gasteiger charge is -2.49. The van der Waals surface area contributed by atoms with E-state index < -0.39 is 11.7 Å². The summed E-state index contributed by atoms with van der Waals surface area (Å²) in [6, 6.07) is 0. The minimum absolute atomic E-state index is 0.0616. The normalized spacial score (nSPS) is 41.8. The Hall–Kier alpha value is -1.23. The van der Waals surface area contributed by atoms with Crippen molar-refractivity contribution in [2.45, 2.75) is 83.5 Å². The van der Waals surface area contributed by atoms with Gasteiger partial charge < -0.3 is 14.9 Å². The molecule has 0 amide bonds. The summed E-state index contributed by atoms with van der Waals surface area (Å²) in [4.78, 5) is 13.1. The van der Waals surface area contributed by atoms with Gasteiger partial charge in [-0.25, -0.2) is 0 Å². The van der Waals surface area contributed by atoms with E-state index in [-0.39, 0.29) is 23.2 Å². The number of allylic oxidation sites excluding steroid dienone is 3. The molecule has 2 N–H and O–H groups in total. The standard InChI is InChI=1S/C26H38O4/c1-16(27)9-12-26(3,30-4)24-8-7-22-21-15-23(29)18-13-17(5-6-19(28)14-18)20(21)10-11-25(22,24)2/h5,9,12,15-16,18-20,22,24,27-28H,6-8,10-11,13-14H2,1-4H3/b12-9+/t16-,18-,19-,20+,22-,24-,25-,26-/m0/s1. The summed E-state index contributed by atoms with van der Waals surface area (Å²) in [5, 5.41) is 20.0. The monoisotopic (exact) mass is 414 g/mol. The number of methoxy groups -OCH3 is 1. The van der Waals surface area contributed by atoms with E-state index in [0.717, 1.165) is 32.1 Å². The minimum atomic E-state index is -0.493. The van der Waals surface area contributed by atoms with Gasteiger partial charge >= 0.3 is 0 Å². The first kappa shape index (κ1) is 22.0. The van der Waals surface area contributed by atoms with Crippen LogP contribution < -0.4 is 0 Å². The molecule has 2 saturated carbocycles. The van der Waals surface area contributed by atoms with Crippen LogP contribution in [-0.2, 0) is 9.53 Å². The summed E-state index contributed by atoms with van der Waals surface area (Å²) in [5.74, 6) is 1.26. The number of hydrogen-bond acceptors (Lipinski definition) is 4. The maximum absolute atomic E-state index is 13.1. The largest absolute Gasteiger partial charge is 0.393 e. The van der Waals surface area contributed by atoms with E-state index in [1.807, 2.05) is 12.2 Å². The SMILES string of the molecule is CO[C@@](C)(/C=C/[C@H](C)O)[C@H]1CC[C@H]2C3=CC(=O)[C@H]4CC(=CC[C@H](O)C4)[C@H]3CC[C@@]21C. The van der Waals surface area contributed by atoms with E-state index >= 15 is 0 Å². The first-order valence-electron chi connectivity index (χ1n) is 11.7. The molecule has 2 fully saturated rings. The number of hydrogen-bond donors (Lipinski definition) is 2. The highest BCUT2D eigenvalue weighted by Gasteiger charge is 2.57. The molecule has 4 nitrogen and oxygen atoms in total. The van der Waals surface area contributed by atoms with Crippen molar-refractivity contribution in [3.8, 4) is 0 Å². The number of carbonyl (C=O) groups is 1. The van der Waals surface area contributed by atoms with Crippen LogP contribution in [0.1, 0.15) is 65.7 Å². The van der Waals surface area contributed by atoms with Gasteiger partial charge in [-0.1, -0.05) is 36.3 Å². The molecular formula is C26H38O4. The molecule has 0 saturated heterocycles. The van der Waals surface area contributed by atoms with Crippen molar-refractivity contribution in [3.05, 3.63) is 35.5 Å². The minimum Gasteiger partial charge on any atom is -0.393 e. The highest BCUT2D eigenvalue weighted by molar-refractivity contribution is 5.93. The molecule has 0 aromatic carbocycles. The van der Waals surface area contributed by atoms with E-state index in [1.54, 1.807) is 14.0 Å². The molecule has 0 unspecified atom stereocenters. The van der Waals surface area contributed by atoms with Gasteiger partial charge in [0.25, 0.3) is 0 Å². The molecule has 0 spiro atoms. The molecule has 30 heavy (non-hydrogen) atoms. The smallest absolute Gasteiger partial charge is 0.159 e. The third-order valence-electron chi connectivity index (χ3n) is 8.80. The topological polar surface area (TPSA) is 66.8 Å². The van der Waals surface area contributed by atoms with Crippen LogP contribution in [0.25, 0.3) is 0 Å². The Morgan fingerprint density at radius 2 is 2.10 bits per heavy atom. The fourth-order valence-corrected chi connectivity index (χ4v) is 7.14. The van der Waals surface area contributed by atoms with Crippen molar-refractivity contribution in [3.63, 3.8) is 0 Å². The zero-order chi connectivity index (χ0) is 21.7. The highest BCUT2D eigenvalue weighted by Crippen LogP contribution is 2.63. The fraction of sp³-hybridized carbons (Fsp3) is 0.731. The van der Waals surface area contributed by atoms with Gasteiger partial charge in [0.2, 0.25) is 0 Å². The molecule has 4 aliphatic carbocycles. The fourth-order valence-electron chi connectivity index (χ4n) is 7.14. The molecule has 4 heteroatoms. The number of aliphatic hydroxyl groups is 2. The quantitative estimate of drug-likeness (QED) is 0.671. The molecule has 4 rings (SSSR count). The molecule has 8 atom stereocenters. The third-order valence-corrected chi connectivity index (χ3v) is 8.80. The number of aliphatic hydroxyl groups excluding tert-OH is 2. The number of carbonyl (C=O) groups excluding carboxylic acids is 1. The van der Waals surface area contributed by atoms with Gasteiger partial charge in [0.15, 0.2) is 5.78 Å². The average Bonchev–Trinajstić information content (AvgIpc) is 2.86. The Labute approximate surface area is 181 Å². The van der Waals surface area contributed by atoms with Gasteiger partial charge in [0, 0.05) is 18.9 Å². The Morgan fingerprint density at radius 3 is 2.80 bits per heavy atom. The van der Waals surface area contributed by atoms with E-state index in [2.05, 4.69) is 26.0 Å². The molecule has 0 heterocycles. The van der Waals surface area contributed by atoms with Gasteiger partial charge in [0.05, 0.1) is 17.8 Å². The predicted octanol–water partition coefficient (Wildman–Crippen LogP) is 4.37. The van der Waals surface area contributed by atoms with Gasteiger partial charge in [-0.05, 0) is 82.1 Å². The molecule has 0 aliphatic heterocycles. The number of fused-ring (bicyclic) bond motifs is 6. The molecule has 4 aliphatic rings. The van der Waals surface area contributed by atoms with Crippen LogP contribution >= 0.6 is 0 Å². The zero-order valence-electron chi connectivity index (χ0n) is 18.9. The van der Waals surface area contributed by atoms with E-state index in [1.165, 1.54) is 11.1 Å². The number of ketones is 1. The van der Waals surface area contributed by atoms with Crippen LogP contribution in [0.3, 0.4) is 0 Å². The molecule has 0 aromatic heterocycles. The van der Waals surface area contributed by atoms with E-state index in [4.69, 9.17) is 4.74 Å². The zero-order valence-corrected chi connectivity index (χ0v) is 18.9. The predicted molar refractivity (Wildman–Crippen MR) is 118 cm³/mol. The van der Waals surface area contributed by atoms with Crippen molar-refractivity contribution in [2.75, 3.05) is 7.11 Å². The Balaban J connectivity index is 1.69. The Kier molecular flexibility index (Phi) is 5.89. The van der Waals surface area contributed by atoms with E-state index in [0.29, 0.717) is 30.6 Å². The van der Waals surface area contributed by atoms with Crippen LogP contribution in [0.2, 0.25) is 0 Å². The van der Waals surface area contributed by atoms with E-state index in [9.17, 15) is 15.0 Å². The molecule has 2 bridgehead atoms. The summed E-state index contributed by atoms with van der Waals surface area (Å²) in [5.41, 5.74) is 2.38. The van der Waals surface area contributed by atoms with Crippen LogP contribution in [0.5, 0.6) is 0 Å². The van der Waals surface area contributed by atoms with Crippen LogP contribution in [-0.4, -0.2) is 40.9 Å². The maximum Gasteiger partial charge on any atom is 0.159 e. The Morgan fingerprint density at radius 1 is 1.33 bits per heavy atom. The summed E-state index contributed by atoms with van der Waals surface area (Å²) >= 11 is 0. The van der Waals surface area contributed by atoms with Crippen molar-refractivity contribution >= 4 is 5.78 Å². The van der Waals surface area contributed by atoms with Crippen molar-refractivity contribution in [2.24, 2.45) is 29.1 Å². The number of rotatable bonds is 4. The van der Waals surface area contributed by atoms with Crippen LogP contribution in [0, 0.1) is 29.1 Å². The summed E-state index contributed by atoms with van der Waals surface area (Å²) in [6.45, 7) is 6.31. The molecular weight excluding hydrogens is 376 g/mol. The van der Waals surface area contributed by atoms with Crippen molar-refractivity contribution in [1.82, 2.24) is 0 Å². The first-order valence-corrected chi connectivity index (χ1v) is 11.7. The first-order chi connectivity index (χ1) is 14.2. The molecule has 0 aromatic rings. The van der Waals surface area contributed by atoms with Gasteiger partial charge in [-0.3, -0.25) is 4.79 Å². The summed E-state index contributed by atoms with van der Waals surface area (Å²) < 4.78 is 6.04. The lowest BCUT2D eigenvalue weighted by Crippen LogP contribution is -2.46. The second-order valence-electron chi connectivity index (χ2n) is 10.6. The van der Waals surface area contributed by atoms with Crippen molar-refractivity contribution < 1.29 is 19.7 Å². The maximum atomic E-state index is 13.1. The average molecular weight is 415 g/mol. The van der Waals surface area contributed by atoms with Gasteiger partial charge in [0.1, 0.15) is 0 Å². The van der Waals surface area contributed by atoms with Crippen LogP contribution in [0.4, 0.5) is 0 Å². The summed E-state index contributed by atoms with van der Waals surface area (Å²) in [7, 11) is 1.77. The van der Waals surface area contributed by atoms with Crippen molar-refractivity contribution in [1.29, 1.82) is 0 Å². The molecule has 166 valence electrons. The Bertz CT molecular complexity index is 778. The molecule has 0 radical (unpaired) electrons. The van der Waals surface area contributed by atoms with Gasteiger partial charge in [-0.15, -0.1) is 0 Å². The second kappa shape index (κ2) is 8.03.